The Morgan fingerprint density at radius 1 is 1.56 bits per heavy atom. The maximum Gasteiger partial charge on any atom is 0.251 e. The SMILES string of the molecule is CC1CCCNC1CNC(=O)c1cccc(F)c1. The molecule has 1 aliphatic heterocycles. The highest BCUT2D eigenvalue weighted by Crippen LogP contribution is 2.14. The molecule has 3 nitrogen and oxygen atoms in total. The second-order valence-electron chi connectivity index (χ2n) is 4.90. The van der Waals surface area contributed by atoms with E-state index in [1.807, 2.05) is 0 Å². The number of carbonyl (C=O) groups excluding carboxylic acids is 1. The van der Waals surface area contributed by atoms with E-state index in [9.17, 15) is 9.18 Å². The molecule has 1 aromatic rings. The van der Waals surface area contributed by atoms with Gasteiger partial charge in [0.2, 0.25) is 0 Å². The van der Waals surface area contributed by atoms with Crippen molar-refractivity contribution in [2.24, 2.45) is 5.92 Å². The highest BCUT2D eigenvalue weighted by atomic mass is 19.1. The van der Waals surface area contributed by atoms with Gasteiger partial charge in [-0.05, 0) is 43.5 Å². The summed E-state index contributed by atoms with van der Waals surface area (Å²) in [6.45, 7) is 3.78. The lowest BCUT2D eigenvalue weighted by Gasteiger charge is -2.30. The fraction of sp³-hybridized carbons (Fsp3) is 0.500. The number of benzene rings is 1. The van der Waals surface area contributed by atoms with Crippen molar-refractivity contribution in [2.75, 3.05) is 13.1 Å². The van der Waals surface area contributed by atoms with Gasteiger partial charge in [-0.25, -0.2) is 4.39 Å². The fourth-order valence-electron chi connectivity index (χ4n) is 2.32. The van der Waals surface area contributed by atoms with Crippen molar-refractivity contribution in [2.45, 2.75) is 25.8 Å². The molecule has 1 heterocycles. The molecular weight excluding hydrogens is 231 g/mol. The smallest absolute Gasteiger partial charge is 0.251 e. The zero-order valence-electron chi connectivity index (χ0n) is 10.6. The van der Waals surface area contributed by atoms with Gasteiger partial charge in [0.25, 0.3) is 5.91 Å². The quantitative estimate of drug-likeness (QED) is 0.861. The molecule has 0 saturated carbocycles. The zero-order chi connectivity index (χ0) is 13.0. The van der Waals surface area contributed by atoms with Gasteiger partial charge in [0.05, 0.1) is 0 Å². The molecule has 0 aliphatic carbocycles. The third-order valence-corrected chi connectivity index (χ3v) is 3.50. The summed E-state index contributed by atoms with van der Waals surface area (Å²) in [5, 5.41) is 6.26. The van der Waals surface area contributed by atoms with E-state index in [0.717, 1.165) is 6.54 Å². The van der Waals surface area contributed by atoms with Gasteiger partial charge in [-0.2, -0.15) is 0 Å². The first-order chi connectivity index (χ1) is 8.66. The van der Waals surface area contributed by atoms with E-state index in [-0.39, 0.29) is 11.7 Å². The van der Waals surface area contributed by atoms with Gasteiger partial charge in [0.15, 0.2) is 0 Å². The molecule has 1 aliphatic rings. The van der Waals surface area contributed by atoms with Crippen LogP contribution in [0.15, 0.2) is 24.3 Å². The van der Waals surface area contributed by atoms with Crippen LogP contribution in [-0.2, 0) is 0 Å². The minimum Gasteiger partial charge on any atom is -0.350 e. The minimum atomic E-state index is -0.383. The molecule has 4 heteroatoms. The van der Waals surface area contributed by atoms with Crippen molar-refractivity contribution in [1.29, 1.82) is 0 Å². The van der Waals surface area contributed by atoms with E-state index in [0.29, 0.717) is 24.1 Å². The molecule has 1 saturated heterocycles. The summed E-state index contributed by atoms with van der Waals surface area (Å²) in [6, 6.07) is 6.08. The van der Waals surface area contributed by atoms with E-state index < -0.39 is 0 Å². The van der Waals surface area contributed by atoms with Gasteiger partial charge in [0, 0.05) is 18.2 Å². The van der Waals surface area contributed by atoms with E-state index in [1.54, 1.807) is 12.1 Å². The van der Waals surface area contributed by atoms with Crippen molar-refractivity contribution < 1.29 is 9.18 Å². The molecule has 98 valence electrons. The number of halogens is 1. The molecular formula is C14H19FN2O. The third-order valence-electron chi connectivity index (χ3n) is 3.50. The van der Waals surface area contributed by atoms with Crippen molar-refractivity contribution in [3.8, 4) is 0 Å². The lowest BCUT2D eigenvalue weighted by Crippen LogP contribution is -2.47. The van der Waals surface area contributed by atoms with Crippen LogP contribution in [0.1, 0.15) is 30.1 Å². The lowest BCUT2D eigenvalue weighted by molar-refractivity contribution is 0.0943. The summed E-state index contributed by atoms with van der Waals surface area (Å²) < 4.78 is 13.0. The molecule has 1 amide bonds. The van der Waals surface area contributed by atoms with Gasteiger partial charge in [-0.1, -0.05) is 13.0 Å². The Kier molecular flexibility index (Phi) is 4.31. The Hall–Kier alpha value is -1.42. The first kappa shape index (κ1) is 13.0. The summed E-state index contributed by atoms with van der Waals surface area (Å²) in [6.07, 6.45) is 2.38. The van der Waals surface area contributed by atoms with E-state index in [2.05, 4.69) is 17.6 Å². The number of rotatable bonds is 3. The van der Waals surface area contributed by atoms with Gasteiger partial charge in [0.1, 0.15) is 5.82 Å². The van der Waals surface area contributed by atoms with Crippen LogP contribution in [0.2, 0.25) is 0 Å². The standard InChI is InChI=1S/C14H19FN2O/c1-10-4-3-7-16-13(10)9-17-14(18)11-5-2-6-12(15)8-11/h2,5-6,8,10,13,16H,3-4,7,9H2,1H3,(H,17,18). The van der Waals surface area contributed by atoms with Crippen molar-refractivity contribution in [3.05, 3.63) is 35.6 Å². The summed E-state index contributed by atoms with van der Waals surface area (Å²) in [7, 11) is 0. The number of hydrogen-bond donors (Lipinski definition) is 2. The van der Waals surface area contributed by atoms with Gasteiger partial charge in [-0.15, -0.1) is 0 Å². The molecule has 0 spiro atoms. The average molecular weight is 250 g/mol. The zero-order valence-corrected chi connectivity index (χ0v) is 10.6. The molecule has 2 atom stereocenters. The molecule has 2 rings (SSSR count). The van der Waals surface area contributed by atoms with Crippen molar-refractivity contribution in [3.63, 3.8) is 0 Å². The third kappa shape index (κ3) is 3.29. The molecule has 2 unspecified atom stereocenters. The molecule has 0 aromatic heterocycles. The predicted molar refractivity (Wildman–Crippen MR) is 68.9 cm³/mol. The van der Waals surface area contributed by atoms with Gasteiger partial charge >= 0.3 is 0 Å². The number of nitrogens with one attached hydrogen (secondary N) is 2. The molecule has 0 bridgehead atoms. The van der Waals surface area contributed by atoms with E-state index >= 15 is 0 Å². The number of amides is 1. The second kappa shape index (κ2) is 5.96. The topological polar surface area (TPSA) is 41.1 Å². The number of hydrogen-bond acceptors (Lipinski definition) is 2. The summed E-state index contributed by atoms with van der Waals surface area (Å²) in [4.78, 5) is 11.8. The first-order valence-corrected chi connectivity index (χ1v) is 6.44. The van der Waals surface area contributed by atoms with Crippen LogP contribution in [-0.4, -0.2) is 25.0 Å². The van der Waals surface area contributed by atoms with E-state index in [1.165, 1.54) is 25.0 Å². The van der Waals surface area contributed by atoms with Crippen LogP contribution in [0.5, 0.6) is 0 Å². The normalized spacial score (nSPS) is 23.7. The van der Waals surface area contributed by atoms with Gasteiger partial charge < -0.3 is 10.6 Å². The van der Waals surface area contributed by atoms with Crippen LogP contribution in [0.25, 0.3) is 0 Å². The number of piperidine rings is 1. The average Bonchev–Trinajstić information content (AvgIpc) is 2.37. The highest BCUT2D eigenvalue weighted by Gasteiger charge is 2.21. The second-order valence-corrected chi connectivity index (χ2v) is 4.90. The number of carbonyl (C=O) groups is 1. The monoisotopic (exact) mass is 250 g/mol. The molecule has 1 fully saturated rings. The van der Waals surface area contributed by atoms with Crippen molar-refractivity contribution in [1.82, 2.24) is 10.6 Å². The van der Waals surface area contributed by atoms with Crippen LogP contribution < -0.4 is 10.6 Å². The van der Waals surface area contributed by atoms with Crippen LogP contribution in [0, 0.1) is 11.7 Å². The Morgan fingerprint density at radius 2 is 2.39 bits per heavy atom. The fourth-order valence-corrected chi connectivity index (χ4v) is 2.32. The largest absolute Gasteiger partial charge is 0.350 e. The maximum atomic E-state index is 13.0. The Morgan fingerprint density at radius 3 is 3.11 bits per heavy atom. The molecule has 18 heavy (non-hydrogen) atoms. The van der Waals surface area contributed by atoms with Crippen LogP contribution >= 0.6 is 0 Å². The summed E-state index contributed by atoms with van der Waals surface area (Å²) in [5.41, 5.74) is 0.374. The summed E-state index contributed by atoms with van der Waals surface area (Å²) in [5.74, 6) is -0.0348. The molecule has 1 aromatic carbocycles. The van der Waals surface area contributed by atoms with Crippen LogP contribution in [0.4, 0.5) is 4.39 Å². The van der Waals surface area contributed by atoms with Crippen LogP contribution in [0.3, 0.4) is 0 Å². The lowest BCUT2D eigenvalue weighted by atomic mass is 9.93. The maximum absolute atomic E-state index is 13.0. The molecule has 0 radical (unpaired) electrons. The van der Waals surface area contributed by atoms with Crippen molar-refractivity contribution >= 4 is 5.91 Å². The Bertz CT molecular complexity index is 422. The van der Waals surface area contributed by atoms with E-state index in [4.69, 9.17) is 0 Å². The molecule has 2 N–H and O–H groups in total. The predicted octanol–water partition coefficient (Wildman–Crippen LogP) is 1.94. The summed E-state index contributed by atoms with van der Waals surface area (Å²) >= 11 is 0. The minimum absolute atomic E-state index is 0.214. The first-order valence-electron chi connectivity index (χ1n) is 6.44. The van der Waals surface area contributed by atoms with Gasteiger partial charge in [-0.3, -0.25) is 4.79 Å². The Labute approximate surface area is 107 Å². The Balaban J connectivity index is 1.88. The highest BCUT2D eigenvalue weighted by molar-refractivity contribution is 5.94.